The molecule has 0 aliphatic rings. The second-order valence-corrected chi connectivity index (χ2v) is 7.20. The Balaban J connectivity index is 0. The van der Waals surface area contributed by atoms with Gasteiger partial charge >= 0.3 is 51.4 Å². The predicted molar refractivity (Wildman–Crippen MR) is 102 cm³/mol. The number of carbonyl (C=O) groups is 1. The summed E-state index contributed by atoms with van der Waals surface area (Å²) in [6.07, 6.45) is 16.7. The standard InChI is InChI=1S/C21H43NO2.K/c1-4-7-9-11-13-15-18-22(20(17-6-3)21(23)24)19-16-14-12-10-8-5-2;/h20H,4-19H2,1-3H3,(H,23,24);/q;+1/p-1. The zero-order valence-electron chi connectivity index (χ0n) is 17.7. The van der Waals surface area contributed by atoms with Crippen LogP contribution in [0.25, 0.3) is 0 Å². The summed E-state index contributed by atoms with van der Waals surface area (Å²) in [7, 11) is 0. The predicted octanol–water partition coefficient (Wildman–Crippen LogP) is 1.93. The fourth-order valence-electron chi connectivity index (χ4n) is 3.34. The average Bonchev–Trinajstić information content (AvgIpc) is 2.57. The van der Waals surface area contributed by atoms with Crippen LogP contribution in [0.3, 0.4) is 0 Å². The molecular formula is C21H42KNO2. The fourth-order valence-corrected chi connectivity index (χ4v) is 3.34. The van der Waals surface area contributed by atoms with Crippen molar-refractivity contribution >= 4 is 5.97 Å². The van der Waals surface area contributed by atoms with Gasteiger partial charge in [0.25, 0.3) is 0 Å². The maximum Gasteiger partial charge on any atom is 1.00 e. The average molecular weight is 380 g/mol. The number of hydrogen-bond donors (Lipinski definition) is 0. The van der Waals surface area contributed by atoms with Crippen LogP contribution in [0.5, 0.6) is 0 Å². The van der Waals surface area contributed by atoms with E-state index in [0.717, 1.165) is 32.4 Å². The Morgan fingerprint density at radius 1 is 0.720 bits per heavy atom. The molecule has 0 radical (unpaired) electrons. The number of carboxylic acid groups (broad SMARTS) is 1. The van der Waals surface area contributed by atoms with Crippen LogP contribution in [0, 0.1) is 0 Å². The normalized spacial score (nSPS) is 12.2. The van der Waals surface area contributed by atoms with Gasteiger partial charge in [0, 0.05) is 6.04 Å². The first-order valence-corrected chi connectivity index (χ1v) is 10.6. The van der Waals surface area contributed by atoms with Gasteiger partial charge in [0.2, 0.25) is 0 Å². The molecule has 0 aliphatic carbocycles. The second-order valence-electron chi connectivity index (χ2n) is 7.20. The van der Waals surface area contributed by atoms with Crippen molar-refractivity contribution in [2.24, 2.45) is 0 Å². The zero-order valence-corrected chi connectivity index (χ0v) is 20.8. The summed E-state index contributed by atoms with van der Waals surface area (Å²) in [6, 6.07) is -0.388. The molecule has 0 rings (SSSR count). The monoisotopic (exact) mass is 379 g/mol. The maximum atomic E-state index is 11.5. The van der Waals surface area contributed by atoms with E-state index in [1.165, 1.54) is 64.2 Å². The van der Waals surface area contributed by atoms with Crippen LogP contribution < -0.4 is 56.5 Å². The topological polar surface area (TPSA) is 43.4 Å². The summed E-state index contributed by atoms with van der Waals surface area (Å²) in [5, 5.41) is 11.5. The van der Waals surface area contributed by atoms with E-state index < -0.39 is 5.97 Å². The fraction of sp³-hybridized carbons (Fsp3) is 0.952. The van der Waals surface area contributed by atoms with E-state index in [1.54, 1.807) is 0 Å². The Labute approximate surface area is 200 Å². The molecule has 3 nitrogen and oxygen atoms in total. The van der Waals surface area contributed by atoms with Gasteiger partial charge in [-0.05, 0) is 32.4 Å². The van der Waals surface area contributed by atoms with Crippen LogP contribution in [-0.4, -0.2) is 30.0 Å². The molecule has 0 spiro atoms. The van der Waals surface area contributed by atoms with Crippen molar-refractivity contribution in [3.63, 3.8) is 0 Å². The van der Waals surface area contributed by atoms with Crippen molar-refractivity contribution in [1.82, 2.24) is 4.90 Å². The Morgan fingerprint density at radius 2 is 1.12 bits per heavy atom. The van der Waals surface area contributed by atoms with Crippen LogP contribution in [-0.2, 0) is 4.79 Å². The van der Waals surface area contributed by atoms with E-state index in [2.05, 4.69) is 25.7 Å². The van der Waals surface area contributed by atoms with E-state index in [1.807, 2.05) is 0 Å². The van der Waals surface area contributed by atoms with Crippen molar-refractivity contribution in [2.75, 3.05) is 13.1 Å². The van der Waals surface area contributed by atoms with E-state index in [-0.39, 0.29) is 57.4 Å². The molecule has 4 heteroatoms. The minimum Gasteiger partial charge on any atom is -0.548 e. The molecule has 0 aliphatic heterocycles. The van der Waals surface area contributed by atoms with Crippen molar-refractivity contribution in [1.29, 1.82) is 0 Å². The van der Waals surface area contributed by atoms with Crippen molar-refractivity contribution in [2.45, 2.75) is 117 Å². The van der Waals surface area contributed by atoms with Gasteiger partial charge in [-0.15, -0.1) is 0 Å². The summed E-state index contributed by atoms with van der Waals surface area (Å²) >= 11 is 0. The zero-order chi connectivity index (χ0) is 18.0. The second kappa shape index (κ2) is 21.4. The summed E-state index contributed by atoms with van der Waals surface area (Å²) in [6.45, 7) is 8.36. The van der Waals surface area contributed by atoms with E-state index >= 15 is 0 Å². The minimum absolute atomic E-state index is 0. The van der Waals surface area contributed by atoms with Gasteiger partial charge in [0.05, 0.1) is 5.97 Å². The van der Waals surface area contributed by atoms with E-state index in [0.29, 0.717) is 6.42 Å². The van der Waals surface area contributed by atoms with Gasteiger partial charge in [-0.25, -0.2) is 0 Å². The number of nitrogens with zero attached hydrogens (tertiary/aromatic N) is 1. The molecule has 0 saturated heterocycles. The molecule has 0 aromatic carbocycles. The molecule has 0 aromatic heterocycles. The first-order chi connectivity index (χ1) is 11.7. The third-order valence-corrected chi connectivity index (χ3v) is 4.87. The van der Waals surface area contributed by atoms with Crippen LogP contribution in [0.15, 0.2) is 0 Å². The van der Waals surface area contributed by atoms with Crippen LogP contribution in [0.2, 0.25) is 0 Å². The summed E-state index contributed by atoms with van der Waals surface area (Å²) in [5.74, 6) is -0.881. The van der Waals surface area contributed by atoms with Gasteiger partial charge in [-0.3, -0.25) is 4.90 Å². The summed E-state index contributed by atoms with van der Waals surface area (Å²) in [4.78, 5) is 13.7. The first kappa shape index (κ1) is 28.3. The molecule has 1 unspecified atom stereocenters. The molecule has 0 N–H and O–H groups in total. The smallest absolute Gasteiger partial charge is 0.548 e. The van der Waals surface area contributed by atoms with Gasteiger partial charge in [0.1, 0.15) is 0 Å². The molecule has 0 saturated carbocycles. The van der Waals surface area contributed by atoms with Gasteiger partial charge in [-0.2, -0.15) is 0 Å². The molecule has 25 heavy (non-hydrogen) atoms. The molecule has 0 amide bonds. The Hall–Kier alpha value is 1.07. The summed E-state index contributed by atoms with van der Waals surface area (Å²) < 4.78 is 0. The number of hydrogen-bond acceptors (Lipinski definition) is 3. The number of aliphatic carboxylic acids is 1. The third-order valence-electron chi connectivity index (χ3n) is 4.87. The maximum absolute atomic E-state index is 11.5. The Morgan fingerprint density at radius 3 is 1.48 bits per heavy atom. The first-order valence-electron chi connectivity index (χ1n) is 10.6. The molecule has 0 fully saturated rings. The minimum atomic E-state index is -0.881. The van der Waals surface area contributed by atoms with Crippen molar-refractivity contribution < 1.29 is 61.3 Å². The Bertz CT molecular complexity index is 271. The van der Waals surface area contributed by atoms with Crippen molar-refractivity contribution in [3.8, 4) is 0 Å². The van der Waals surface area contributed by atoms with Crippen LogP contribution in [0.4, 0.5) is 0 Å². The Kier molecular flexibility index (Phi) is 24.2. The molecular weight excluding hydrogens is 337 g/mol. The SMILES string of the molecule is CCCCCCCCN(CCCCCCCC)C(CCC)C(=O)[O-].[K+]. The van der Waals surface area contributed by atoms with Crippen molar-refractivity contribution in [3.05, 3.63) is 0 Å². The number of rotatable bonds is 18. The molecule has 1 atom stereocenters. The third kappa shape index (κ3) is 16.9. The van der Waals surface area contributed by atoms with Gasteiger partial charge < -0.3 is 9.90 Å². The van der Waals surface area contributed by atoms with E-state index in [9.17, 15) is 9.90 Å². The largest absolute Gasteiger partial charge is 1.00 e. The summed E-state index contributed by atoms with van der Waals surface area (Å²) in [5.41, 5.74) is 0. The number of unbranched alkanes of at least 4 members (excludes halogenated alkanes) is 10. The molecule has 144 valence electrons. The van der Waals surface area contributed by atoms with Crippen LogP contribution >= 0.6 is 0 Å². The van der Waals surface area contributed by atoms with Crippen LogP contribution in [0.1, 0.15) is 111 Å². The molecule has 0 heterocycles. The number of carboxylic acids is 1. The van der Waals surface area contributed by atoms with Gasteiger partial charge in [0.15, 0.2) is 0 Å². The quantitative estimate of drug-likeness (QED) is 0.270. The van der Waals surface area contributed by atoms with Gasteiger partial charge in [-0.1, -0.05) is 91.4 Å². The molecule has 0 bridgehead atoms. The number of carbonyl (C=O) groups excluding carboxylic acids is 1. The van der Waals surface area contributed by atoms with E-state index in [4.69, 9.17) is 0 Å². The molecule has 0 aromatic rings.